The van der Waals surface area contributed by atoms with Crippen LogP contribution in [0.5, 0.6) is 0 Å². The van der Waals surface area contributed by atoms with Gasteiger partial charge in [-0.25, -0.2) is 4.98 Å². The third-order valence-electron chi connectivity index (χ3n) is 3.71. The molecule has 0 unspecified atom stereocenters. The molecule has 0 radical (unpaired) electrons. The van der Waals surface area contributed by atoms with Crippen molar-refractivity contribution in [3.63, 3.8) is 0 Å². The average Bonchev–Trinajstić information content (AvgIpc) is 2.97. The fraction of sp³-hybridized carbons (Fsp3) is 0.294. The highest BCUT2D eigenvalue weighted by molar-refractivity contribution is 8.00. The van der Waals surface area contributed by atoms with Gasteiger partial charge in [0.25, 0.3) is 0 Å². The van der Waals surface area contributed by atoms with E-state index >= 15 is 0 Å². The van der Waals surface area contributed by atoms with Crippen molar-refractivity contribution in [2.75, 3.05) is 7.05 Å². The molecule has 0 aliphatic heterocycles. The van der Waals surface area contributed by atoms with Gasteiger partial charge in [-0.1, -0.05) is 42.1 Å². The molecule has 0 spiro atoms. The number of fused-ring (bicyclic) bond motifs is 1. The Kier molecular flexibility index (Phi) is 4.80. The van der Waals surface area contributed by atoms with Crippen molar-refractivity contribution in [1.82, 2.24) is 24.9 Å². The number of amides is 1. The fourth-order valence-corrected chi connectivity index (χ4v) is 3.76. The Labute approximate surface area is 144 Å². The number of carbonyl (C=O) groups is 1. The van der Waals surface area contributed by atoms with E-state index in [4.69, 9.17) is 0 Å². The van der Waals surface area contributed by atoms with Crippen molar-refractivity contribution < 1.29 is 4.79 Å². The number of aromatic nitrogens is 4. The summed E-state index contributed by atoms with van der Waals surface area (Å²) in [6.45, 7) is 3.84. The molecule has 24 heavy (non-hydrogen) atoms. The summed E-state index contributed by atoms with van der Waals surface area (Å²) in [6, 6.07) is 11.8. The highest BCUT2D eigenvalue weighted by Crippen LogP contribution is 2.26. The zero-order valence-electron chi connectivity index (χ0n) is 13.9. The summed E-state index contributed by atoms with van der Waals surface area (Å²) >= 11 is 1.41. The molecule has 2 heterocycles. The summed E-state index contributed by atoms with van der Waals surface area (Å²) in [7, 11) is 1.65. The summed E-state index contributed by atoms with van der Waals surface area (Å²) in [5.41, 5.74) is 2.76. The third-order valence-corrected chi connectivity index (χ3v) is 4.85. The summed E-state index contributed by atoms with van der Waals surface area (Å²) in [5.74, 6) is 0.784. The molecule has 0 aliphatic rings. The van der Waals surface area contributed by atoms with Crippen LogP contribution in [0.4, 0.5) is 0 Å². The zero-order chi connectivity index (χ0) is 17.1. The number of hydrogen-bond acceptors (Lipinski definition) is 5. The third kappa shape index (κ3) is 3.41. The minimum absolute atomic E-state index is 0.0293. The van der Waals surface area contributed by atoms with Gasteiger partial charge < -0.3 is 5.32 Å². The second kappa shape index (κ2) is 7.00. The van der Waals surface area contributed by atoms with Gasteiger partial charge in [0.1, 0.15) is 5.82 Å². The lowest BCUT2D eigenvalue weighted by molar-refractivity contribution is -0.120. The maximum atomic E-state index is 12.3. The minimum atomic E-state index is -0.287. The SMILES string of the molecule is CNC(=O)[C@@H](Cc1ccccc1)Sc1nnc2cc(C)nc(C)n12. The average molecular weight is 341 g/mol. The van der Waals surface area contributed by atoms with Crippen LogP contribution in [0.2, 0.25) is 0 Å². The van der Waals surface area contributed by atoms with Gasteiger partial charge in [0.05, 0.1) is 5.25 Å². The number of thioether (sulfide) groups is 1. The van der Waals surface area contributed by atoms with Crippen LogP contribution in [0.15, 0.2) is 41.6 Å². The molecule has 0 fully saturated rings. The van der Waals surface area contributed by atoms with Crippen molar-refractivity contribution in [3.8, 4) is 0 Å². The Bertz CT molecular complexity index is 862. The molecule has 3 rings (SSSR count). The van der Waals surface area contributed by atoms with E-state index in [0.717, 1.165) is 22.7 Å². The standard InChI is InChI=1S/C17H19N5OS/c1-11-9-15-20-21-17(22(15)12(2)19-11)24-14(16(23)18-3)10-13-7-5-4-6-8-13/h4-9,14H,10H2,1-3H3,(H,18,23)/t14-/m1/s1. The first-order valence-corrected chi connectivity index (χ1v) is 8.58. The van der Waals surface area contributed by atoms with Gasteiger partial charge in [-0.2, -0.15) is 0 Å². The van der Waals surface area contributed by atoms with Gasteiger partial charge in [-0.05, 0) is 25.8 Å². The number of benzene rings is 1. The van der Waals surface area contributed by atoms with Crippen molar-refractivity contribution in [3.05, 3.63) is 53.5 Å². The fourth-order valence-electron chi connectivity index (χ4n) is 2.58. The van der Waals surface area contributed by atoms with Crippen LogP contribution in [0.3, 0.4) is 0 Å². The normalized spacial score (nSPS) is 12.3. The lowest BCUT2D eigenvalue weighted by Gasteiger charge is -2.14. The van der Waals surface area contributed by atoms with Gasteiger partial charge in [0, 0.05) is 18.8 Å². The summed E-state index contributed by atoms with van der Waals surface area (Å²) in [4.78, 5) is 16.8. The highest BCUT2D eigenvalue weighted by Gasteiger charge is 2.23. The molecule has 124 valence electrons. The Morgan fingerprint density at radius 1 is 1.25 bits per heavy atom. The van der Waals surface area contributed by atoms with E-state index in [0.29, 0.717) is 11.6 Å². The second-order valence-electron chi connectivity index (χ2n) is 5.53. The smallest absolute Gasteiger partial charge is 0.233 e. The highest BCUT2D eigenvalue weighted by atomic mass is 32.2. The van der Waals surface area contributed by atoms with E-state index in [1.54, 1.807) is 7.05 Å². The number of carbonyl (C=O) groups excluding carboxylic acids is 1. The molecule has 3 aromatic rings. The van der Waals surface area contributed by atoms with Gasteiger partial charge >= 0.3 is 0 Å². The summed E-state index contributed by atoms with van der Waals surface area (Å²) in [5, 5.41) is 11.6. The van der Waals surface area contributed by atoms with Crippen molar-refractivity contribution >= 4 is 23.3 Å². The van der Waals surface area contributed by atoms with Crippen LogP contribution >= 0.6 is 11.8 Å². The molecule has 0 saturated carbocycles. The largest absolute Gasteiger partial charge is 0.358 e. The van der Waals surface area contributed by atoms with E-state index in [9.17, 15) is 4.79 Å². The van der Waals surface area contributed by atoms with Crippen LogP contribution in [-0.4, -0.2) is 37.8 Å². The topological polar surface area (TPSA) is 72.2 Å². The van der Waals surface area contributed by atoms with E-state index in [-0.39, 0.29) is 11.2 Å². The lowest BCUT2D eigenvalue weighted by Crippen LogP contribution is -2.31. The molecule has 1 N–H and O–H groups in total. The molecular weight excluding hydrogens is 322 g/mol. The number of hydrogen-bond donors (Lipinski definition) is 1. The second-order valence-corrected chi connectivity index (χ2v) is 6.70. The monoisotopic (exact) mass is 341 g/mol. The molecule has 0 bridgehead atoms. The molecule has 1 amide bonds. The molecule has 6 nitrogen and oxygen atoms in total. The molecule has 2 aromatic heterocycles. The predicted molar refractivity (Wildman–Crippen MR) is 94.1 cm³/mol. The van der Waals surface area contributed by atoms with E-state index in [2.05, 4.69) is 20.5 Å². The maximum absolute atomic E-state index is 12.3. The first-order chi connectivity index (χ1) is 11.6. The summed E-state index contributed by atoms with van der Waals surface area (Å²) in [6.07, 6.45) is 0.623. The van der Waals surface area contributed by atoms with Crippen LogP contribution < -0.4 is 5.32 Å². The zero-order valence-corrected chi connectivity index (χ0v) is 14.7. The van der Waals surface area contributed by atoms with Gasteiger partial charge in [-0.15, -0.1) is 10.2 Å². The van der Waals surface area contributed by atoms with Gasteiger partial charge in [-0.3, -0.25) is 9.20 Å². The Hall–Kier alpha value is -2.41. The van der Waals surface area contributed by atoms with Gasteiger partial charge in [0.15, 0.2) is 10.8 Å². The first kappa shape index (κ1) is 16.4. The Morgan fingerprint density at radius 2 is 2.00 bits per heavy atom. The quantitative estimate of drug-likeness (QED) is 0.720. The maximum Gasteiger partial charge on any atom is 0.233 e. The molecule has 0 aliphatic carbocycles. The molecule has 0 saturated heterocycles. The lowest BCUT2D eigenvalue weighted by atomic mass is 10.1. The molecule has 7 heteroatoms. The molecule has 1 atom stereocenters. The number of nitrogens with zero attached hydrogens (tertiary/aromatic N) is 4. The number of rotatable bonds is 5. The summed E-state index contributed by atoms with van der Waals surface area (Å²) < 4.78 is 1.89. The Morgan fingerprint density at radius 3 is 2.71 bits per heavy atom. The first-order valence-electron chi connectivity index (χ1n) is 7.70. The van der Waals surface area contributed by atoms with Crippen molar-refractivity contribution in [2.45, 2.75) is 30.7 Å². The Balaban J connectivity index is 1.92. The number of nitrogens with one attached hydrogen (secondary N) is 1. The van der Waals surface area contributed by atoms with Crippen LogP contribution in [0, 0.1) is 13.8 Å². The van der Waals surface area contributed by atoms with E-state index in [1.807, 2.05) is 54.6 Å². The molecular formula is C17H19N5OS. The molecule has 1 aromatic carbocycles. The van der Waals surface area contributed by atoms with E-state index in [1.165, 1.54) is 11.8 Å². The van der Waals surface area contributed by atoms with Gasteiger partial charge in [0.2, 0.25) is 5.91 Å². The number of aryl methyl sites for hydroxylation is 2. The van der Waals surface area contributed by atoms with Crippen LogP contribution in [-0.2, 0) is 11.2 Å². The minimum Gasteiger partial charge on any atom is -0.358 e. The predicted octanol–water partition coefficient (Wildman–Crippen LogP) is 2.19. The van der Waals surface area contributed by atoms with Crippen LogP contribution in [0.1, 0.15) is 17.1 Å². The van der Waals surface area contributed by atoms with Crippen molar-refractivity contribution in [2.24, 2.45) is 0 Å². The van der Waals surface area contributed by atoms with E-state index < -0.39 is 0 Å². The van der Waals surface area contributed by atoms with Crippen LogP contribution in [0.25, 0.3) is 5.65 Å². The van der Waals surface area contributed by atoms with Crippen molar-refractivity contribution in [1.29, 1.82) is 0 Å².